The standard InChI is InChI=1S/C24H28F2N2O4S/c1-5-24(3)20(23(30)27-17-7-9-19(10-8-17)33(4,31)32)14-18(12-15(2)29)28(24)22-11-6-16(25)13-21(22)26/h6-11,13-15,20,29H,5,12H2,1-4H3,(H,27,30)/t15-,20?,24?/m0/s1. The van der Waals surface area contributed by atoms with Gasteiger partial charge in [-0.3, -0.25) is 4.79 Å². The molecule has 0 saturated heterocycles. The lowest BCUT2D eigenvalue weighted by Crippen LogP contribution is -2.50. The summed E-state index contributed by atoms with van der Waals surface area (Å²) in [5.74, 6) is -2.54. The Morgan fingerprint density at radius 1 is 1.21 bits per heavy atom. The summed E-state index contributed by atoms with van der Waals surface area (Å²) in [6.45, 7) is 5.28. The highest BCUT2D eigenvalue weighted by Crippen LogP contribution is 2.45. The van der Waals surface area contributed by atoms with Crippen LogP contribution in [-0.2, 0) is 14.6 Å². The van der Waals surface area contributed by atoms with Crippen molar-refractivity contribution in [2.45, 2.75) is 50.2 Å². The second-order valence-corrected chi connectivity index (χ2v) is 10.6. The Morgan fingerprint density at radius 2 is 1.85 bits per heavy atom. The number of aliphatic hydroxyl groups is 1. The number of carbonyl (C=O) groups is 1. The van der Waals surface area contributed by atoms with E-state index in [-0.39, 0.29) is 22.9 Å². The zero-order valence-electron chi connectivity index (χ0n) is 19.0. The molecule has 0 saturated carbocycles. The van der Waals surface area contributed by atoms with Gasteiger partial charge in [-0.05, 0) is 56.7 Å². The lowest BCUT2D eigenvalue weighted by Gasteiger charge is -2.42. The molecule has 3 rings (SSSR count). The summed E-state index contributed by atoms with van der Waals surface area (Å²) in [5, 5.41) is 12.8. The maximum absolute atomic E-state index is 14.8. The summed E-state index contributed by atoms with van der Waals surface area (Å²) in [6.07, 6.45) is 2.70. The molecule has 1 heterocycles. The first-order chi connectivity index (χ1) is 15.4. The van der Waals surface area contributed by atoms with Crippen LogP contribution in [-0.4, -0.2) is 37.3 Å². The van der Waals surface area contributed by atoms with Crippen LogP contribution in [0.4, 0.5) is 20.2 Å². The van der Waals surface area contributed by atoms with Gasteiger partial charge in [0.25, 0.3) is 0 Å². The van der Waals surface area contributed by atoms with Gasteiger partial charge in [0.05, 0.1) is 28.1 Å². The molecule has 3 atom stereocenters. The van der Waals surface area contributed by atoms with Crippen LogP contribution in [0.3, 0.4) is 0 Å². The first-order valence-corrected chi connectivity index (χ1v) is 12.5. The number of halogens is 2. The Hall–Kier alpha value is -2.78. The molecule has 0 bridgehead atoms. The minimum absolute atomic E-state index is 0.125. The average Bonchev–Trinajstić information content (AvgIpc) is 3.00. The normalized spacial score (nSPS) is 21.6. The van der Waals surface area contributed by atoms with Crippen molar-refractivity contribution < 1.29 is 27.1 Å². The summed E-state index contributed by atoms with van der Waals surface area (Å²) >= 11 is 0. The zero-order chi connectivity index (χ0) is 24.6. The predicted octanol–water partition coefficient (Wildman–Crippen LogP) is 4.27. The molecule has 0 aliphatic carbocycles. The highest BCUT2D eigenvalue weighted by molar-refractivity contribution is 7.90. The van der Waals surface area contributed by atoms with E-state index >= 15 is 0 Å². The molecule has 1 aliphatic heterocycles. The largest absolute Gasteiger partial charge is 0.393 e. The van der Waals surface area contributed by atoms with E-state index in [2.05, 4.69) is 5.32 Å². The molecule has 2 aromatic rings. The molecule has 33 heavy (non-hydrogen) atoms. The number of hydrogen-bond donors (Lipinski definition) is 2. The second-order valence-electron chi connectivity index (χ2n) is 8.62. The fourth-order valence-electron chi connectivity index (χ4n) is 4.21. The van der Waals surface area contributed by atoms with Crippen molar-refractivity contribution in [3.63, 3.8) is 0 Å². The highest BCUT2D eigenvalue weighted by Gasteiger charge is 2.48. The topological polar surface area (TPSA) is 86.7 Å². The first-order valence-electron chi connectivity index (χ1n) is 10.6. The van der Waals surface area contributed by atoms with E-state index in [0.29, 0.717) is 17.8 Å². The number of nitrogens with zero attached hydrogens (tertiary/aromatic N) is 1. The molecule has 0 radical (unpaired) electrons. The van der Waals surface area contributed by atoms with Crippen molar-refractivity contribution in [2.75, 3.05) is 16.5 Å². The molecule has 9 heteroatoms. The maximum atomic E-state index is 14.8. The van der Waals surface area contributed by atoms with Gasteiger partial charge in [0.15, 0.2) is 9.84 Å². The van der Waals surface area contributed by atoms with E-state index in [1.807, 2.05) is 13.8 Å². The molecule has 0 spiro atoms. The monoisotopic (exact) mass is 478 g/mol. The van der Waals surface area contributed by atoms with Crippen LogP contribution < -0.4 is 10.2 Å². The lowest BCUT2D eigenvalue weighted by molar-refractivity contribution is -0.119. The summed E-state index contributed by atoms with van der Waals surface area (Å²) in [6, 6.07) is 9.11. The minimum Gasteiger partial charge on any atom is -0.393 e. The number of hydrogen-bond acceptors (Lipinski definition) is 5. The van der Waals surface area contributed by atoms with E-state index < -0.39 is 39.0 Å². The van der Waals surface area contributed by atoms with Crippen molar-refractivity contribution in [3.05, 3.63) is 65.9 Å². The van der Waals surface area contributed by atoms with E-state index in [1.165, 1.54) is 30.3 Å². The van der Waals surface area contributed by atoms with E-state index in [4.69, 9.17) is 0 Å². The summed E-state index contributed by atoms with van der Waals surface area (Å²) in [5.41, 5.74) is 0.218. The molecule has 2 aromatic carbocycles. The number of rotatable bonds is 7. The van der Waals surface area contributed by atoms with Gasteiger partial charge in [-0.1, -0.05) is 13.0 Å². The Bertz CT molecular complexity index is 1180. The summed E-state index contributed by atoms with van der Waals surface area (Å²) in [4.78, 5) is 15.1. The van der Waals surface area contributed by atoms with Gasteiger partial charge in [0.1, 0.15) is 11.6 Å². The Kier molecular flexibility index (Phi) is 6.95. The molecular formula is C24H28F2N2O4S. The zero-order valence-corrected chi connectivity index (χ0v) is 19.8. The van der Waals surface area contributed by atoms with Crippen molar-refractivity contribution in [1.82, 2.24) is 0 Å². The van der Waals surface area contributed by atoms with Crippen molar-refractivity contribution in [2.24, 2.45) is 5.92 Å². The second kappa shape index (κ2) is 9.23. The predicted molar refractivity (Wildman–Crippen MR) is 124 cm³/mol. The Morgan fingerprint density at radius 3 is 2.36 bits per heavy atom. The summed E-state index contributed by atoms with van der Waals surface area (Å²) < 4.78 is 51.7. The number of sulfone groups is 1. The number of benzene rings is 2. The van der Waals surface area contributed by atoms with Crippen LogP contribution in [0.25, 0.3) is 0 Å². The number of amides is 1. The van der Waals surface area contributed by atoms with Gasteiger partial charge in [0, 0.05) is 30.1 Å². The molecular weight excluding hydrogens is 450 g/mol. The van der Waals surface area contributed by atoms with Crippen molar-refractivity contribution >= 4 is 27.1 Å². The number of carbonyl (C=O) groups excluding carboxylic acids is 1. The van der Waals surface area contributed by atoms with E-state index in [9.17, 15) is 27.1 Å². The van der Waals surface area contributed by atoms with Crippen LogP contribution in [0.1, 0.15) is 33.6 Å². The molecule has 6 nitrogen and oxygen atoms in total. The number of anilines is 2. The maximum Gasteiger partial charge on any atom is 0.233 e. The summed E-state index contributed by atoms with van der Waals surface area (Å²) in [7, 11) is -3.36. The van der Waals surface area contributed by atoms with Gasteiger partial charge in [-0.25, -0.2) is 17.2 Å². The molecule has 1 amide bonds. The van der Waals surface area contributed by atoms with Crippen LogP contribution >= 0.6 is 0 Å². The average molecular weight is 479 g/mol. The van der Waals surface area contributed by atoms with Gasteiger partial charge in [0.2, 0.25) is 5.91 Å². The molecule has 0 fully saturated rings. The molecule has 2 unspecified atom stereocenters. The third-order valence-electron chi connectivity index (χ3n) is 6.03. The van der Waals surface area contributed by atoms with E-state index in [1.54, 1.807) is 17.9 Å². The number of aliphatic hydroxyl groups excluding tert-OH is 1. The lowest BCUT2D eigenvalue weighted by atomic mass is 9.83. The molecule has 2 N–H and O–H groups in total. The molecule has 178 valence electrons. The molecule has 0 aromatic heterocycles. The fourth-order valence-corrected chi connectivity index (χ4v) is 4.84. The van der Waals surface area contributed by atoms with Gasteiger partial charge < -0.3 is 15.3 Å². The Balaban J connectivity index is 1.98. The number of nitrogens with one attached hydrogen (secondary N) is 1. The van der Waals surface area contributed by atoms with Crippen LogP contribution in [0.5, 0.6) is 0 Å². The van der Waals surface area contributed by atoms with Crippen LogP contribution in [0.2, 0.25) is 0 Å². The highest BCUT2D eigenvalue weighted by atomic mass is 32.2. The van der Waals surface area contributed by atoms with E-state index in [0.717, 1.165) is 18.4 Å². The van der Waals surface area contributed by atoms with Gasteiger partial charge in [-0.15, -0.1) is 0 Å². The third-order valence-corrected chi connectivity index (χ3v) is 7.16. The quantitative estimate of drug-likeness (QED) is 0.621. The SMILES string of the molecule is CCC1(C)C(C(=O)Nc2ccc(S(C)(=O)=O)cc2)C=C(C[C@H](C)O)N1c1ccc(F)cc1F. The first kappa shape index (κ1) is 24.9. The van der Waals surface area contributed by atoms with Crippen molar-refractivity contribution in [1.29, 1.82) is 0 Å². The molecule has 1 aliphatic rings. The van der Waals surface area contributed by atoms with Gasteiger partial charge >= 0.3 is 0 Å². The van der Waals surface area contributed by atoms with Crippen LogP contribution in [0.15, 0.2) is 59.1 Å². The van der Waals surface area contributed by atoms with Gasteiger partial charge in [-0.2, -0.15) is 0 Å². The minimum atomic E-state index is -3.36. The smallest absolute Gasteiger partial charge is 0.233 e. The van der Waals surface area contributed by atoms with Crippen LogP contribution in [0, 0.1) is 17.6 Å². The van der Waals surface area contributed by atoms with Crippen molar-refractivity contribution in [3.8, 4) is 0 Å². The Labute approximate surface area is 192 Å². The fraction of sp³-hybridized carbons (Fsp3) is 0.375. The third kappa shape index (κ3) is 5.09.